The van der Waals surface area contributed by atoms with Crippen LogP contribution in [0.25, 0.3) is 0 Å². The number of benzene rings is 2. The summed E-state index contributed by atoms with van der Waals surface area (Å²) in [5, 5.41) is 13.6. The number of piperidine rings is 1. The van der Waals surface area contributed by atoms with Crippen LogP contribution in [0.5, 0.6) is 0 Å². The molecule has 1 saturated heterocycles. The maximum absolute atomic E-state index is 12.7. The zero-order valence-corrected chi connectivity index (χ0v) is 18.2. The van der Waals surface area contributed by atoms with E-state index in [9.17, 15) is 9.90 Å². The van der Waals surface area contributed by atoms with E-state index in [0.717, 1.165) is 40.2 Å². The summed E-state index contributed by atoms with van der Waals surface area (Å²) in [4.78, 5) is 19.8. The Balaban J connectivity index is 1.54. The number of hydrogen-bond acceptors (Lipinski definition) is 3. The predicted molar refractivity (Wildman–Crippen MR) is 119 cm³/mol. The van der Waals surface area contributed by atoms with Crippen LogP contribution in [0.3, 0.4) is 0 Å². The van der Waals surface area contributed by atoms with E-state index in [4.69, 9.17) is 4.99 Å². The van der Waals surface area contributed by atoms with Gasteiger partial charge in [0.15, 0.2) is 0 Å². The molecule has 4 rings (SSSR count). The summed E-state index contributed by atoms with van der Waals surface area (Å²) < 4.78 is 0.923. The standard InChI is InChI=1S/C23H26BrN3O2/c1-15(27-11-3-2-4-12-27)25-19-10-7-17-13-21(28)22(20(17)14-19)26-23(29)16-5-8-18(24)9-6-16/h5-10,14,21-22,28H,2-4,11-13H2,1H3,(H,26,29)/t21-,22-/m1/s1. The fraction of sp³-hybridized carbons (Fsp3) is 0.391. The third kappa shape index (κ3) is 4.54. The van der Waals surface area contributed by atoms with Gasteiger partial charge in [0, 0.05) is 29.5 Å². The minimum absolute atomic E-state index is 0.187. The van der Waals surface area contributed by atoms with Gasteiger partial charge in [0.1, 0.15) is 5.84 Å². The minimum Gasteiger partial charge on any atom is -0.390 e. The van der Waals surface area contributed by atoms with Crippen LogP contribution in [0.1, 0.15) is 53.7 Å². The van der Waals surface area contributed by atoms with Crippen LogP contribution in [0, 0.1) is 0 Å². The number of amides is 1. The molecule has 1 amide bonds. The number of carbonyl (C=O) groups excluding carboxylic acids is 1. The van der Waals surface area contributed by atoms with Crippen LogP contribution < -0.4 is 5.32 Å². The number of likely N-dealkylation sites (tertiary alicyclic amines) is 1. The fourth-order valence-electron chi connectivity index (χ4n) is 4.15. The summed E-state index contributed by atoms with van der Waals surface area (Å²) in [5.74, 6) is 0.839. The SMILES string of the molecule is CC(=Nc1ccc2c(c1)[C@@H](NC(=O)c1ccc(Br)cc1)[C@H](O)C2)N1CCCCC1. The van der Waals surface area contributed by atoms with Gasteiger partial charge in [-0.3, -0.25) is 4.79 Å². The van der Waals surface area contributed by atoms with Gasteiger partial charge in [-0.05, 0) is 73.7 Å². The minimum atomic E-state index is -0.633. The van der Waals surface area contributed by atoms with E-state index in [1.807, 2.05) is 30.3 Å². The number of nitrogens with one attached hydrogen (secondary N) is 1. The van der Waals surface area contributed by atoms with Gasteiger partial charge in [-0.25, -0.2) is 4.99 Å². The van der Waals surface area contributed by atoms with Gasteiger partial charge in [-0.2, -0.15) is 0 Å². The van der Waals surface area contributed by atoms with Crippen LogP contribution in [0.2, 0.25) is 0 Å². The number of aliphatic hydroxyl groups is 1. The topological polar surface area (TPSA) is 64.9 Å². The van der Waals surface area contributed by atoms with E-state index in [0.29, 0.717) is 12.0 Å². The second kappa shape index (κ2) is 8.67. The highest BCUT2D eigenvalue weighted by atomic mass is 79.9. The molecule has 2 N–H and O–H groups in total. The Labute approximate surface area is 180 Å². The molecule has 2 aliphatic rings. The number of amidine groups is 1. The van der Waals surface area contributed by atoms with E-state index in [1.165, 1.54) is 19.3 Å². The number of rotatable bonds is 3. The summed E-state index contributed by atoms with van der Waals surface area (Å²) in [6.07, 6.45) is 3.63. The van der Waals surface area contributed by atoms with Gasteiger partial charge in [-0.15, -0.1) is 0 Å². The average molecular weight is 456 g/mol. The lowest BCUT2D eigenvalue weighted by molar-refractivity contribution is 0.0858. The quantitative estimate of drug-likeness (QED) is 0.533. The second-order valence-electron chi connectivity index (χ2n) is 7.82. The largest absolute Gasteiger partial charge is 0.390 e. The molecule has 0 bridgehead atoms. The monoisotopic (exact) mass is 455 g/mol. The van der Waals surface area contributed by atoms with Crippen molar-refractivity contribution in [1.82, 2.24) is 10.2 Å². The van der Waals surface area contributed by atoms with Crippen LogP contribution in [-0.2, 0) is 6.42 Å². The molecule has 1 heterocycles. The van der Waals surface area contributed by atoms with Gasteiger partial charge in [-0.1, -0.05) is 22.0 Å². The molecule has 0 saturated carbocycles. The lowest BCUT2D eigenvalue weighted by atomic mass is 10.1. The highest BCUT2D eigenvalue weighted by Crippen LogP contribution is 2.34. The first-order valence-corrected chi connectivity index (χ1v) is 11.0. The molecule has 0 radical (unpaired) electrons. The van der Waals surface area contributed by atoms with E-state index in [-0.39, 0.29) is 5.91 Å². The number of aliphatic hydroxyl groups excluding tert-OH is 1. The number of carbonyl (C=O) groups is 1. The van der Waals surface area contributed by atoms with Crippen molar-refractivity contribution in [2.24, 2.45) is 4.99 Å². The molecule has 2 aromatic carbocycles. The average Bonchev–Trinajstić information content (AvgIpc) is 3.04. The number of halogens is 1. The summed E-state index contributed by atoms with van der Waals surface area (Å²) in [5.41, 5.74) is 3.46. The molecule has 1 aliphatic heterocycles. The zero-order valence-electron chi connectivity index (χ0n) is 16.6. The first-order valence-electron chi connectivity index (χ1n) is 10.2. The molecule has 0 unspecified atom stereocenters. The number of hydrogen-bond donors (Lipinski definition) is 2. The van der Waals surface area contributed by atoms with Gasteiger partial charge < -0.3 is 15.3 Å². The van der Waals surface area contributed by atoms with Crippen molar-refractivity contribution in [3.8, 4) is 0 Å². The summed E-state index contributed by atoms with van der Waals surface area (Å²) in [7, 11) is 0. The van der Waals surface area contributed by atoms with Crippen molar-refractivity contribution < 1.29 is 9.90 Å². The van der Waals surface area contributed by atoms with Crippen LogP contribution in [0.15, 0.2) is 51.9 Å². The van der Waals surface area contributed by atoms with Crippen LogP contribution >= 0.6 is 15.9 Å². The summed E-state index contributed by atoms with van der Waals surface area (Å²) >= 11 is 3.38. The van der Waals surface area contributed by atoms with Gasteiger partial charge in [0.25, 0.3) is 5.91 Å². The van der Waals surface area contributed by atoms with E-state index in [2.05, 4.69) is 33.1 Å². The first kappa shape index (κ1) is 20.1. The van der Waals surface area contributed by atoms with Crippen LogP contribution in [0.4, 0.5) is 5.69 Å². The molecule has 1 fully saturated rings. The predicted octanol–water partition coefficient (Wildman–Crippen LogP) is 4.37. The number of aliphatic imine (C=N–C) groups is 1. The molecule has 0 aromatic heterocycles. The molecule has 6 heteroatoms. The maximum atomic E-state index is 12.7. The molecular weight excluding hydrogens is 430 g/mol. The third-order valence-electron chi connectivity index (χ3n) is 5.78. The Morgan fingerprint density at radius 3 is 2.59 bits per heavy atom. The molecule has 0 spiro atoms. The summed E-state index contributed by atoms with van der Waals surface area (Å²) in [6.45, 7) is 4.18. The number of nitrogens with zero attached hydrogens (tertiary/aromatic N) is 2. The normalized spacial score (nSPS) is 21.8. The van der Waals surface area contributed by atoms with Gasteiger partial charge in [0.2, 0.25) is 0 Å². The Morgan fingerprint density at radius 1 is 1.14 bits per heavy atom. The molecule has 152 valence electrons. The second-order valence-corrected chi connectivity index (χ2v) is 8.74. The highest BCUT2D eigenvalue weighted by molar-refractivity contribution is 9.10. The molecule has 1 aliphatic carbocycles. The van der Waals surface area contributed by atoms with Crippen molar-refractivity contribution in [3.05, 3.63) is 63.6 Å². The van der Waals surface area contributed by atoms with Gasteiger partial charge >= 0.3 is 0 Å². The summed E-state index contributed by atoms with van der Waals surface area (Å²) in [6, 6.07) is 12.8. The third-order valence-corrected chi connectivity index (χ3v) is 6.30. The fourth-order valence-corrected chi connectivity index (χ4v) is 4.42. The van der Waals surface area contributed by atoms with Gasteiger partial charge in [0.05, 0.1) is 17.8 Å². The lowest BCUT2D eigenvalue weighted by Crippen LogP contribution is -2.34. The van der Waals surface area contributed by atoms with E-state index < -0.39 is 12.1 Å². The molecule has 29 heavy (non-hydrogen) atoms. The highest BCUT2D eigenvalue weighted by Gasteiger charge is 2.32. The zero-order chi connectivity index (χ0) is 20.4. The van der Waals surface area contributed by atoms with Crippen molar-refractivity contribution in [3.63, 3.8) is 0 Å². The van der Waals surface area contributed by atoms with E-state index in [1.54, 1.807) is 12.1 Å². The molecule has 2 aromatic rings. The van der Waals surface area contributed by atoms with Crippen molar-refractivity contribution >= 4 is 33.4 Å². The molecular formula is C23H26BrN3O2. The maximum Gasteiger partial charge on any atom is 0.251 e. The molecule has 5 nitrogen and oxygen atoms in total. The Morgan fingerprint density at radius 2 is 1.86 bits per heavy atom. The Bertz CT molecular complexity index is 920. The van der Waals surface area contributed by atoms with Crippen molar-refractivity contribution in [2.75, 3.05) is 13.1 Å². The Kier molecular flexibility index (Phi) is 6.01. The lowest BCUT2D eigenvalue weighted by Gasteiger charge is -2.28. The number of fused-ring (bicyclic) bond motifs is 1. The van der Waals surface area contributed by atoms with E-state index >= 15 is 0 Å². The first-order chi connectivity index (χ1) is 14.0. The van der Waals surface area contributed by atoms with Crippen LogP contribution in [-0.4, -0.2) is 40.9 Å². The Hall–Kier alpha value is -2.18. The smallest absolute Gasteiger partial charge is 0.251 e. The van der Waals surface area contributed by atoms with Crippen molar-refractivity contribution in [1.29, 1.82) is 0 Å². The van der Waals surface area contributed by atoms with Crippen molar-refractivity contribution in [2.45, 2.75) is 44.8 Å². The molecule has 2 atom stereocenters.